The minimum absolute atomic E-state index is 0.0790. The Morgan fingerprint density at radius 2 is 1.66 bits per heavy atom. The van der Waals surface area contributed by atoms with E-state index in [9.17, 15) is 23.6 Å². The normalized spacial score (nSPS) is 12.1. The van der Waals surface area contributed by atoms with Crippen molar-refractivity contribution in [3.63, 3.8) is 0 Å². The van der Waals surface area contributed by atoms with Crippen molar-refractivity contribution in [3.05, 3.63) is 98.8 Å². The van der Waals surface area contributed by atoms with E-state index in [1.54, 1.807) is 25.1 Å². The Bertz CT molecular complexity index is 1320. The van der Waals surface area contributed by atoms with Gasteiger partial charge in [0, 0.05) is 22.4 Å². The molecule has 4 rings (SSSR count). The number of esters is 1. The second-order valence-electron chi connectivity index (χ2n) is 7.14. The molecular weight excluding hydrogens is 437 g/mol. The molecule has 0 heterocycles. The van der Waals surface area contributed by atoms with Crippen molar-refractivity contribution in [2.75, 3.05) is 11.9 Å². The number of rotatable bonds is 4. The SMILES string of the molecule is Cc1ccc(F)cc1NC(=O)COC(=O)c1ccc2c(c1Cl)C(=O)c1ccccc1C2=O. The fourth-order valence-corrected chi connectivity index (χ4v) is 3.76. The van der Waals surface area contributed by atoms with Crippen LogP contribution in [0.4, 0.5) is 10.1 Å². The van der Waals surface area contributed by atoms with Crippen LogP contribution in [0.3, 0.4) is 0 Å². The molecule has 0 unspecified atom stereocenters. The lowest BCUT2D eigenvalue weighted by atomic mass is 9.83. The van der Waals surface area contributed by atoms with Crippen molar-refractivity contribution in [3.8, 4) is 0 Å². The van der Waals surface area contributed by atoms with Gasteiger partial charge >= 0.3 is 5.97 Å². The first kappa shape index (κ1) is 21.4. The van der Waals surface area contributed by atoms with Crippen molar-refractivity contribution >= 4 is 40.7 Å². The highest BCUT2D eigenvalue weighted by atomic mass is 35.5. The van der Waals surface area contributed by atoms with E-state index in [0.29, 0.717) is 5.56 Å². The molecule has 3 aromatic rings. The van der Waals surface area contributed by atoms with Gasteiger partial charge < -0.3 is 10.1 Å². The van der Waals surface area contributed by atoms with Gasteiger partial charge in [0.15, 0.2) is 18.2 Å². The van der Waals surface area contributed by atoms with Gasteiger partial charge in [0.1, 0.15) is 5.82 Å². The molecule has 1 N–H and O–H groups in total. The number of carbonyl (C=O) groups is 4. The Labute approximate surface area is 187 Å². The van der Waals surface area contributed by atoms with Crippen LogP contribution in [0.5, 0.6) is 0 Å². The Morgan fingerprint density at radius 3 is 2.38 bits per heavy atom. The number of aryl methyl sites for hydroxylation is 1. The Morgan fingerprint density at radius 1 is 0.969 bits per heavy atom. The van der Waals surface area contributed by atoms with Gasteiger partial charge in [0.2, 0.25) is 0 Å². The van der Waals surface area contributed by atoms with Gasteiger partial charge in [-0.1, -0.05) is 41.9 Å². The van der Waals surface area contributed by atoms with Gasteiger partial charge in [-0.3, -0.25) is 14.4 Å². The van der Waals surface area contributed by atoms with Crippen molar-refractivity contribution in [2.24, 2.45) is 0 Å². The summed E-state index contributed by atoms with van der Waals surface area (Å²) in [7, 11) is 0. The van der Waals surface area contributed by atoms with Gasteiger partial charge in [-0.25, -0.2) is 9.18 Å². The Balaban J connectivity index is 1.53. The van der Waals surface area contributed by atoms with Crippen LogP contribution in [0.1, 0.15) is 47.8 Å². The van der Waals surface area contributed by atoms with E-state index in [1.165, 1.54) is 30.3 Å². The predicted molar refractivity (Wildman–Crippen MR) is 115 cm³/mol. The van der Waals surface area contributed by atoms with Gasteiger partial charge in [-0.05, 0) is 36.8 Å². The Hall–Kier alpha value is -3.84. The number of ketones is 2. The van der Waals surface area contributed by atoms with Gasteiger partial charge in [0.25, 0.3) is 5.91 Å². The maximum Gasteiger partial charge on any atom is 0.340 e. The monoisotopic (exact) mass is 451 g/mol. The largest absolute Gasteiger partial charge is 0.452 e. The van der Waals surface area contributed by atoms with Crippen molar-refractivity contribution in [1.82, 2.24) is 0 Å². The minimum atomic E-state index is -0.942. The summed E-state index contributed by atoms with van der Waals surface area (Å²) in [4.78, 5) is 50.3. The van der Waals surface area contributed by atoms with Crippen LogP contribution in [-0.4, -0.2) is 30.0 Å². The summed E-state index contributed by atoms with van der Waals surface area (Å²) in [5.41, 5.74) is 1.20. The van der Waals surface area contributed by atoms with Crippen LogP contribution in [0.25, 0.3) is 0 Å². The molecule has 8 heteroatoms. The van der Waals surface area contributed by atoms with Crippen LogP contribution in [0.15, 0.2) is 54.6 Å². The average molecular weight is 452 g/mol. The van der Waals surface area contributed by atoms with Crippen molar-refractivity contribution < 1.29 is 28.3 Å². The first-order valence-electron chi connectivity index (χ1n) is 9.52. The molecule has 0 aromatic heterocycles. The zero-order valence-electron chi connectivity index (χ0n) is 16.7. The van der Waals surface area contributed by atoms with E-state index < -0.39 is 30.1 Å². The van der Waals surface area contributed by atoms with Gasteiger partial charge in [-0.2, -0.15) is 0 Å². The quantitative estimate of drug-likeness (QED) is 0.466. The number of carbonyl (C=O) groups excluding carboxylic acids is 4. The van der Waals surface area contributed by atoms with Crippen LogP contribution < -0.4 is 5.32 Å². The summed E-state index contributed by atoms with van der Waals surface area (Å²) in [6.07, 6.45) is 0. The maximum atomic E-state index is 13.4. The number of hydrogen-bond donors (Lipinski definition) is 1. The maximum absolute atomic E-state index is 13.4. The molecule has 3 aromatic carbocycles. The molecule has 1 aliphatic rings. The molecule has 1 amide bonds. The highest BCUT2D eigenvalue weighted by Gasteiger charge is 2.33. The second-order valence-corrected chi connectivity index (χ2v) is 7.52. The third-order valence-corrected chi connectivity index (χ3v) is 5.45. The molecule has 0 spiro atoms. The van der Waals surface area contributed by atoms with E-state index in [4.69, 9.17) is 16.3 Å². The number of halogens is 2. The first-order valence-corrected chi connectivity index (χ1v) is 9.89. The van der Waals surface area contributed by atoms with E-state index in [1.807, 2.05) is 0 Å². The summed E-state index contributed by atoms with van der Waals surface area (Å²) >= 11 is 6.32. The first-order chi connectivity index (χ1) is 15.3. The summed E-state index contributed by atoms with van der Waals surface area (Å²) in [6, 6.07) is 12.9. The lowest BCUT2D eigenvalue weighted by molar-refractivity contribution is -0.119. The molecule has 160 valence electrons. The molecule has 0 fully saturated rings. The smallest absolute Gasteiger partial charge is 0.340 e. The molecule has 0 atom stereocenters. The molecule has 32 heavy (non-hydrogen) atoms. The topological polar surface area (TPSA) is 89.5 Å². The zero-order chi connectivity index (χ0) is 23.0. The number of hydrogen-bond acceptors (Lipinski definition) is 5. The number of anilines is 1. The number of nitrogens with one attached hydrogen (secondary N) is 1. The summed E-state index contributed by atoms with van der Waals surface area (Å²) in [5.74, 6) is -3.00. The minimum Gasteiger partial charge on any atom is -0.452 e. The molecular formula is C24H15ClFNO5. The Kier molecular flexibility index (Phi) is 5.59. The van der Waals surface area contributed by atoms with Crippen LogP contribution >= 0.6 is 11.6 Å². The number of fused-ring (bicyclic) bond motifs is 2. The second kappa shape index (κ2) is 8.36. The highest BCUT2D eigenvalue weighted by Crippen LogP contribution is 2.34. The fourth-order valence-electron chi connectivity index (χ4n) is 3.43. The van der Waals surface area contributed by atoms with Crippen molar-refractivity contribution in [2.45, 2.75) is 6.92 Å². The average Bonchev–Trinajstić information content (AvgIpc) is 2.78. The number of benzene rings is 3. The van der Waals surface area contributed by atoms with Crippen molar-refractivity contribution in [1.29, 1.82) is 0 Å². The predicted octanol–water partition coefficient (Wildman–Crippen LogP) is 4.36. The molecule has 6 nitrogen and oxygen atoms in total. The standard InChI is InChI=1S/C24H15ClFNO5/c1-12-6-7-13(26)10-18(12)27-19(28)11-32-24(31)17-9-8-16-20(21(17)25)23(30)15-5-3-2-4-14(15)22(16)29/h2-10H,11H2,1H3,(H,27,28). The number of amides is 1. The third kappa shape index (κ3) is 3.78. The third-order valence-electron chi connectivity index (χ3n) is 5.06. The van der Waals surface area contributed by atoms with E-state index >= 15 is 0 Å². The summed E-state index contributed by atoms with van der Waals surface area (Å²) in [6.45, 7) is 1.03. The van der Waals surface area contributed by atoms with E-state index in [-0.39, 0.29) is 44.3 Å². The zero-order valence-corrected chi connectivity index (χ0v) is 17.5. The van der Waals surface area contributed by atoms with Gasteiger partial charge in [0.05, 0.1) is 16.1 Å². The molecule has 1 aliphatic carbocycles. The van der Waals surface area contributed by atoms with E-state index in [0.717, 1.165) is 6.07 Å². The van der Waals surface area contributed by atoms with Gasteiger partial charge in [-0.15, -0.1) is 0 Å². The summed E-state index contributed by atoms with van der Waals surface area (Å²) < 4.78 is 18.4. The molecule has 0 saturated heterocycles. The molecule has 0 saturated carbocycles. The van der Waals surface area contributed by atoms with Crippen LogP contribution in [0, 0.1) is 12.7 Å². The highest BCUT2D eigenvalue weighted by molar-refractivity contribution is 6.41. The lowest BCUT2D eigenvalue weighted by Crippen LogP contribution is -2.24. The van der Waals surface area contributed by atoms with Crippen LogP contribution in [0.2, 0.25) is 5.02 Å². The van der Waals surface area contributed by atoms with Crippen LogP contribution in [-0.2, 0) is 9.53 Å². The fraction of sp³-hybridized carbons (Fsp3) is 0.0833. The molecule has 0 radical (unpaired) electrons. The molecule has 0 bridgehead atoms. The van der Waals surface area contributed by atoms with E-state index in [2.05, 4.69) is 5.32 Å². The number of ether oxygens (including phenoxy) is 1. The lowest BCUT2D eigenvalue weighted by Gasteiger charge is -2.19. The summed E-state index contributed by atoms with van der Waals surface area (Å²) in [5, 5.41) is 2.24. The molecule has 0 aliphatic heterocycles.